The van der Waals surface area contributed by atoms with Crippen LogP contribution >= 0.6 is 23.2 Å². The molecule has 1 unspecified atom stereocenters. The molecule has 1 aromatic heterocycles. The molecule has 1 aliphatic carbocycles. The van der Waals surface area contributed by atoms with Gasteiger partial charge in [0.05, 0.1) is 11.1 Å². The highest BCUT2D eigenvalue weighted by molar-refractivity contribution is 6.34. The summed E-state index contributed by atoms with van der Waals surface area (Å²) in [6.07, 6.45) is 2.87. The van der Waals surface area contributed by atoms with E-state index < -0.39 is 12.6 Å². The van der Waals surface area contributed by atoms with E-state index in [4.69, 9.17) is 27.9 Å². The minimum atomic E-state index is -0.785. The summed E-state index contributed by atoms with van der Waals surface area (Å²) in [5.41, 5.74) is 2.25. The van der Waals surface area contributed by atoms with E-state index in [-0.39, 0.29) is 27.8 Å². The number of nitrogens with zero attached hydrogens (tertiary/aromatic N) is 1. The minimum Gasteiger partial charge on any atom is -0.451 e. The van der Waals surface area contributed by atoms with Crippen LogP contribution in [0.1, 0.15) is 40.5 Å². The van der Waals surface area contributed by atoms with Gasteiger partial charge in [-0.25, -0.2) is 9.78 Å². The number of rotatable bonds is 4. The Balaban J connectivity index is 1.59. The van der Waals surface area contributed by atoms with Crippen molar-refractivity contribution in [2.75, 3.05) is 6.61 Å². The Kier molecular flexibility index (Phi) is 5.56. The molecule has 0 aliphatic heterocycles. The first-order valence-electron chi connectivity index (χ1n) is 7.91. The highest BCUT2D eigenvalue weighted by atomic mass is 35.5. The number of esters is 1. The lowest BCUT2D eigenvalue weighted by molar-refractivity contribution is -0.125. The number of hydrogen-bond donors (Lipinski definition) is 1. The zero-order valence-corrected chi connectivity index (χ0v) is 14.8. The molecule has 5 nitrogen and oxygen atoms in total. The lowest BCUT2D eigenvalue weighted by atomic mass is 9.88. The molecule has 0 fully saturated rings. The second-order valence-corrected chi connectivity index (χ2v) is 6.55. The number of amides is 1. The molecule has 1 amide bonds. The fourth-order valence-corrected chi connectivity index (χ4v) is 3.23. The molecule has 3 rings (SSSR count). The SMILES string of the molecule is O=C(COC(=O)c1nc(Cl)ccc1Cl)NC1CCCc2ccccc21. The number of nitrogens with one attached hydrogen (secondary N) is 1. The number of carbonyl (C=O) groups is 2. The molecule has 0 spiro atoms. The summed E-state index contributed by atoms with van der Waals surface area (Å²) in [6, 6.07) is 10.9. The molecule has 2 aromatic rings. The number of carbonyl (C=O) groups excluding carboxylic acids is 2. The fraction of sp³-hybridized carbons (Fsp3) is 0.278. The van der Waals surface area contributed by atoms with Gasteiger partial charge in [0.25, 0.3) is 5.91 Å². The molecule has 25 heavy (non-hydrogen) atoms. The first-order valence-corrected chi connectivity index (χ1v) is 8.66. The molecule has 0 bridgehead atoms. The Morgan fingerprint density at radius 3 is 2.84 bits per heavy atom. The number of halogens is 2. The summed E-state index contributed by atoms with van der Waals surface area (Å²) in [7, 11) is 0. The third-order valence-corrected chi connectivity index (χ3v) is 4.56. The van der Waals surface area contributed by atoms with Crippen LogP contribution in [-0.2, 0) is 16.0 Å². The van der Waals surface area contributed by atoms with Crippen molar-refractivity contribution in [1.82, 2.24) is 10.3 Å². The number of hydrogen-bond acceptors (Lipinski definition) is 4. The van der Waals surface area contributed by atoms with Crippen LogP contribution in [0.25, 0.3) is 0 Å². The second-order valence-electron chi connectivity index (χ2n) is 5.75. The van der Waals surface area contributed by atoms with E-state index in [0.717, 1.165) is 24.8 Å². The van der Waals surface area contributed by atoms with Gasteiger partial charge >= 0.3 is 5.97 Å². The van der Waals surface area contributed by atoms with Gasteiger partial charge in [0, 0.05) is 0 Å². The lowest BCUT2D eigenvalue weighted by Crippen LogP contribution is -2.34. The van der Waals surface area contributed by atoms with Gasteiger partial charge < -0.3 is 10.1 Å². The van der Waals surface area contributed by atoms with Crippen LogP contribution in [0.15, 0.2) is 36.4 Å². The normalized spacial score (nSPS) is 16.0. The molecule has 0 saturated carbocycles. The maximum Gasteiger partial charge on any atom is 0.359 e. The van der Waals surface area contributed by atoms with Crippen LogP contribution in [0.3, 0.4) is 0 Å². The van der Waals surface area contributed by atoms with Gasteiger partial charge in [-0.05, 0) is 42.5 Å². The monoisotopic (exact) mass is 378 g/mol. The van der Waals surface area contributed by atoms with Crippen molar-refractivity contribution < 1.29 is 14.3 Å². The van der Waals surface area contributed by atoms with Crippen LogP contribution in [-0.4, -0.2) is 23.5 Å². The average Bonchev–Trinajstić information content (AvgIpc) is 2.62. The van der Waals surface area contributed by atoms with Crippen LogP contribution in [0.4, 0.5) is 0 Å². The Labute approximate surface area is 155 Å². The molecule has 1 atom stereocenters. The summed E-state index contributed by atoms with van der Waals surface area (Å²) in [6.45, 7) is -0.401. The molecule has 130 valence electrons. The summed E-state index contributed by atoms with van der Waals surface area (Å²) >= 11 is 11.6. The summed E-state index contributed by atoms with van der Waals surface area (Å²) in [5, 5.41) is 3.16. The second kappa shape index (κ2) is 7.85. The molecule has 1 heterocycles. The van der Waals surface area contributed by atoms with Crippen molar-refractivity contribution in [2.24, 2.45) is 0 Å². The van der Waals surface area contributed by atoms with E-state index in [1.54, 1.807) is 0 Å². The predicted octanol–water partition coefficient (Wildman–Crippen LogP) is 3.74. The van der Waals surface area contributed by atoms with E-state index in [2.05, 4.69) is 16.4 Å². The van der Waals surface area contributed by atoms with Gasteiger partial charge in [-0.15, -0.1) is 0 Å². The van der Waals surface area contributed by atoms with Gasteiger partial charge in [-0.2, -0.15) is 0 Å². The first kappa shape index (κ1) is 17.7. The Morgan fingerprint density at radius 2 is 2.00 bits per heavy atom. The van der Waals surface area contributed by atoms with E-state index in [0.29, 0.717) is 0 Å². The number of ether oxygens (including phenoxy) is 1. The van der Waals surface area contributed by atoms with E-state index in [1.807, 2.05) is 18.2 Å². The van der Waals surface area contributed by atoms with Gasteiger partial charge in [-0.1, -0.05) is 47.5 Å². The zero-order chi connectivity index (χ0) is 17.8. The zero-order valence-electron chi connectivity index (χ0n) is 13.3. The number of pyridine rings is 1. The van der Waals surface area contributed by atoms with Crippen molar-refractivity contribution in [2.45, 2.75) is 25.3 Å². The molecular formula is C18H16Cl2N2O3. The summed E-state index contributed by atoms with van der Waals surface area (Å²) in [4.78, 5) is 28.0. The minimum absolute atomic E-state index is 0.0657. The first-order chi connectivity index (χ1) is 12.0. The average molecular weight is 379 g/mol. The third kappa shape index (κ3) is 4.30. The van der Waals surface area contributed by atoms with E-state index in [1.165, 1.54) is 17.7 Å². The van der Waals surface area contributed by atoms with Gasteiger partial charge in [0.1, 0.15) is 5.15 Å². The highest BCUT2D eigenvalue weighted by Crippen LogP contribution is 2.29. The van der Waals surface area contributed by atoms with Crippen molar-refractivity contribution >= 4 is 35.1 Å². The number of fused-ring (bicyclic) bond motifs is 1. The molecule has 1 aromatic carbocycles. The summed E-state index contributed by atoms with van der Waals surface area (Å²) < 4.78 is 5.00. The highest BCUT2D eigenvalue weighted by Gasteiger charge is 2.22. The van der Waals surface area contributed by atoms with Gasteiger partial charge in [0.15, 0.2) is 12.3 Å². The molecule has 0 radical (unpaired) electrons. The smallest absolute Gasteiger partial charge is 0.359 e. The van der Waals surface area contributed by atoms with Crippen molar-refractivity contribution in [1.29, 1.82) is 0 Å². The largest absolute Gasteiger partial charge is 0.451 e. The van der Waals surface area contributed by atoms with Crippen LogP contribution in [0, 0.1) is 0 Å². The Hall–Kier alpha value is -2.11. The molecule has 7 heteroatoms. The molecule has 1 aliphatic rings. The van der Waals surface area contributed by atoms with Crippen molar-refractivity contribution in [3.8, 4) is 0 Å². The molecule has 1 N–H and O–H groups in total. The number of aryl methyl sites for hydroxylation is 1. The molecule has 0 saturated heterocycles. The van der Waals surface area contributed by atoms with Crippen LogP contribution in [0.2, 0.25) is 10.2 Å². The summed E-state index contributed by atoms with van der Waals surface area (Å²) in [5.74, 6) is -1.15. The molecular weight excluding hydrogens is 363 g/mol. The number of aromatic nitrogens is 1. The topological polar surface area (TPSA) is 68.3 Å². The Bertz CT molecular complexity index is 811. The maximum atomic E-state index is 12.1. The van der Waals surface area contributed by atoms with Gasteiger partial charge in [0.2, 0.25) is 0 Å². The third-order valence-electron chi connectivity index (χ3n) is 4.04. The van der Waals surface area contributed by atoms with Crippen LogP contribution in [0.5, 0.6) is 0 Å². The van der Waals surface area contributed by atoms with E-state index >= 15 is 0 Å². The van der Waals surface area contributed by atoms with Crippen LogP contribution < -0.4 is 5.32 Å². The van der Waals surface area contributed by atoms with Crippen molar-refractivity contribution in [3.05, 3.63) is 63.4 Å². The number of benzene rings is 1. The standard InChI is InChI=1S/C18H16Cl2N2O3/c19-13-8-9-15(20)22-17(13)18(24)25-10-16(23)21-14-7-3-5-11-4-1-2-6-12(11)14/h1-2,4,6,8-9,14H,3,5,7,10H2,(H,21,23). The lowest BCUT2D eigenvalue weighted by Gasteiger charge is -2.26. The quantitative estimate of drug-likeness (QED) is 0.649. The van der Waals surface area contributed by atoms with Gasteiger partial charge in [-0.3, -0.25) is 4.79 Å². The predicted molar refractivity (Wildman–Crippen MR) is 94.8 cm³/mol. The maximum absolute atomic E-state index is 12.1. The van der Waals surface area contributed by atoms with Crippen molar-refractivity contribution in [3.63, 3.8) is 0 Å². The Morgan fingerprint density at radius 1 is 1.20 bits per heavy atom. The fourth-order valence-electron chi connectivity index (χ4n) is 2.90. The van der Waals surface area contributed by atoms with E-state index in [9.17, 15) is 9.59 Å².